The molecule has 0 saturated carbocycles. The second kappa shape index (κ2) is 7.38. The van der Waals surface area contributed by atoms with E-state index in [0.717, 1.165) is 18.6 Å². The van der Waals surface area contributed by atoms with Crippen molar-refractivity contribution in [3.8, 4) is 0 Å². The number of carbonyl (C=O) groups is 2. The molecule has 0 spiro atoms. The number of likely N-dealkylation sites (N-methyl/N-ethyl adjacent to an activating group) is 1. The number of hydrogen-bond acceptors (Lipinski definition) is 4. The molecule has 2 rings (SSSR count). The normalized spacial score (nSPS) is 19.6. The van der Waals surface area contributed by atoms with Gasteiger partial charge in [0, 0.05) is 18.5 Å². The molecule has 1 N–H and O–H groups in total. The second-order valence-electron chi connectivity index (χ2n) is 7.65. The van der Waals surface area contributed by atoms with Gasteiger partial charge in [0.1, 0.15) is 11.8 Å². The van der Waals surface area contributed by atoms with E-state index < -0.39 is 5.41 Å². The van der Waals surface area contributed by atoms with Crippen molar-refractivity contribution in [3.05, 3.63) is 24.2 Å². The van der Waals surface area contributed by atoms with Crippen molar-refractivity contribution in [2.45, 2.75) is 45.7 Å². The van der Waals surface area contributed by atoms with Gasteiger partial charge < -0.3 is 14.6 Å². The summed E-state index contributed by atoms with van der Waals surface area (Å²) < 4.78 is 5.46. The second-order valence-corrected chi connectivity index (χ2v) is 7.65. The van der Waals surface area contributed by atoms with Crippen LogP contribution in [0.25, 0.3) is 0 Å². The number of rotatable bonds is 5. The van der Waals surface area contributed by atoms with Crippen molar-refractivity contribution < 1.29 is 14.0 Å². The number of carbonyl (C=O) groups excluding carboxylic acids is 2. The van der Waals surface area contributed by atoms with Crippen LogP contribution in [0.4, 0.5) is 0 Å². The summed E-state index contributed by atoms with van der Waals surface area (Å²) >= 11 is 0. The number of likely N-dealkylation sites (tertiary alicyclic amines) is 1. The molecule has 0 aliphatic carbocycles. The monoisotopic (exact) mass is 335 g/mol. The Morgan fingerprint density at radius 3 is 2.67 bits per heavy atom. The third kappa shape index (κ3) is 4.17. The number of nitrogens with one attached hydrogen (secondary N) is 1. The summed E-state index contributed by atoms with van der Waals surface area (Å²) in [6.45, 7) is 6.78. The third-order valence-corrected chi connectivity index (χ3v) is 4.42. The van der Waals surface area contributed by atoms with Crippen LogP contribution in [0.5, 0.6) is 0 Å². The van der Waals surface area contributed by atoms with Gasteiger partial charge in [-0.15, -0.1) is 0 Å². The third-order valence-electron chi connectivity index (χ3n) is 4.42. The molecular weight excluding hydrogens is 306 g/mol. The van der Waals surface area contributed by atoms with E-state index in [0.29, 0.717) is 13.1 Å². The molecule has 0 aromatic carbocycles. The highest BCUT2D eigenvalue weighted by Gasteiger charge is 2.38. The number of nitrogens with zero attached hydrogens (tertiary/aromatic N) is 2. The van der Waals surface area contributed by atoms with Crippen molar-refractivity contribution in [2.24, 2.45) is 5.41 Å². The maximum absolute atomic E-state index is 12.6. The fourth-order valence-electron chi connectivity index (χ4n) is 3.05. The van der Waals surface area contributed by atoms with Crippen LogP contribution in [0.15, 0.2) is 22.8 Å². The lowest BCUT2D eigenvalue weighted by atomic mass is 9.94. The van der Waals surface area contributed by atoms with Gasteiger partial charge >= 0.3 is 0 Å². The highest BCUT2D eigenvalue weighted by molar-refractivity contribution is 5.90. The quantitative estimate of drug-likeness (QED) is 0.894. The molecule has 2 amide bonds. The molecule has 1 aromatic rings. The topological polar surface area (TPSA) is 65.8 Å². The summed E-state index contributed by atoms with van der Waals surface area (Å²) in [6.07, 6.45) is 3.23. The standard InChI is InChI=1S/C18H29N3O3/c1-18(2,3)17(23)21-10-6-8-13(21)16(22)19-12-14(20(4)5)15-9-7-11-24-15/h7,9,11,13-14H,6,8,10,12H2,1-5H3,(H,19,22)/t13-,14+/m1/s1. The van der Waals surface area contributed by atoms with Crippen LogP contribution in [-0.2, 0) is 9.59 Å². The zero-order valence-corrected chi connectivity index (χ0v) is 15.3. The Morgan fingerprint density at radius 1 is 1.42 bits per heavy atom. The molecule has 1 saturated heterocycles. The SMILES string of the molecule is CN(C)[C@@H](CNC(=O)[C@H]1CCCN1C(=O)C(C)(C)C)c1ccco1. The molecule has 6 heteroatoms. The molecular formula is C18H29N3O3. The Labute approximate surface area is 144 Å². The molecule has 24 heavy (non-hydrogen) atoms. The average Bonchev–Trinajstić information content (AvgIpc) is 3.16. The number of furan rings is 1. The molecule has 0 bridgehead atoms. The molecule has 0 radical (unpaired) electrons. The minimum atomic E-state index is -0.469. The predicted molar refractivity (Wildman–Crippen MR) is 92.3 cm³/mol. The van der Waals surface area contributed by atoms with E-state index in [1.54, 1.807) is 11.2 Å². The first-order valence-corrected chi connectivity index (χ1v) is 8.50. The summed E-state index contributed by atoms with van der Waals surface area (Å²) in [5.74, 6) is 0.771. The smallest absolute Gasteiger partial charge is 0.242 e. The van der Waals surface area contributed by atoms with Gasteiger partial charge in [-0.05, 0) is 39.1 Å². The van der Waals surface area contributed by atoms with Crippen molar-refractivity contribution in [3.63, 3.8) is 0 Å². The van der Waals surface area contributed by atoms with Gasteiger partial charge in [-0.3, -0.25) is 14.5 Å². The fourth-order valence-corrected chi connectivity index (χ4v) is 3.05. The van der Waals surface area contributed by atoms with Crippen LogP contribution in [0.1, 0.15) is 45.4 Å². The molecule has 0 unspecified atom stereocenters. The van der Waals surface area contributed by atoms with E-state index in [9.17, 15) is 9.59 Å². The van der Waals surface area contributed by atoms with E-state index in [4.69, 9.17) is 4.42 Å². The first kappa shape index (κ1) is 18.5. The zero-order valence-electron chi connectivity index (χ0n) is 15.3. The Morgan fingerprint density at radius 2 is 2.12 bits per heavy atom. The molecule has 1 fully saturated rings. The van der Waals surface area contributed by atoms with Gasteiger partial charge in [0.25, 0.3) is 0 Å². The minimum absolute atomic E-state index is 0.0304. The minimum Gasteiger partial charge on any atom is -0.468 e. The van der Waals surface area contributed by atoms with Crippen molar-refractivity contribution in [2.75, 3.05) is 27.2 Å². The first-order valence-electron chi connectivity index (χ1n) is 8.50. The summed E-state index contributed by atoms with van der Waals surface area (Å²) in [4.78, 5) is 28.9. The van der Waals surface area contributed by atoms with Crippen molar-refractivity contribution in [1.82, 2.24) is 15.1 Å². The van der Waals surface area contributed by atoms with E-state index in [1.165, 1.54) is 0 Å². The van der Waals surface area contributed by atoms with Crippen LogP contribution in [0.3, 0.4) is 0 Å². The van der Waals surface area contributed by atoms with Crippen LogP contribution in [0.2, 0.25) is 0 Å². The maximum atomic E-state index is 12.6. The van der Waals surface area contributed by atoms with Crippen LogP contribution >= 0.6 is 0 Å². The van der Waals surface area contributed by atoms with Gasteiger partial charge in [0.05, 0.1) is 12.3 Å². The molecule has 1 aliphatic rings. The number of hydrogen-bond donors (Lipinski definition) is 1. The van der Waals surface area contributed by atoms with E-state index in [2.05, 4.69) is 5.32 Å². The Hall–Kier alpha value is -1.82. The predicted octanol–water partition coefficient (Wildman–Crippen LogP) is 2.04. The average molecular weight is 335 g/mol. The largest absolute Gasteiger partial charge is 0.468 e. The summed E-state index contributed by atoms with van der Waals surface area (Å²) in [6, 6.07) is 3.35. The zero-order chi connectivity index (χ0) is 17.9. The van der Waals surface area contributed by atoms with Crippen molar-refractivity contribution >= 4 is 11.8 Å². The Bertz CT molecular complexity index is 561. The van der Waals surface area contributed by atoms with Crippen LogP contribution in [-0.4, -0.2) is 54.8 Å². The summed E-state index contributed by atoms with van der Waals surface area (Å²) in [7, 11) is 3.90. The molecule has 6 nitrogen and oxygen atoms in total. The lowest BCUT2D eigenvalue weighted by molar-refractivity contribution is -0.144. The van der Waals surface area contributed by atoms with Gasteiger partial charge in [0.2, 0.25) is 11.8 Å². The first-order chi connectivity index (χ1) is 11.2. The van der Waals surface area contributed by atoms with E-state index >= 15 is 0 Å². The highest BCUT2D eigenvalue weighted by atomic mass is 16.3. The van der Waals surface area contributed by atoms with Crippen LogP contribution < -0.4 is 5.32 Å². The molecule has 1 aromatic heterocycles. The fraction of sp³-hybridized carbons (Fsp3) is 0.667. The lowest BCUT2D eigenvalue weighted by Gasteiger charge is -2.31. The number of amides is 2. The van der Waals surface area contributed by atoms with Crippen molar-refractivity contribution in [1.29, 1.82) is 0 Å². The molecule has 2 atom stereocenters. The van der Waals surface area contributed by atoms with Gasteiger partial charge in [-0.25, -0.2) is 0 Å². The molecule has 134 valence electrons. The van der Waals surface area contributed by atoms with Gasteiger partial charge in [-0.2, -0.15) is 0 Å². The lowest BCUT2D eigenvalue weighted by Crippen LogP contribution is -2.50. The van der Waals surface area contributed by atoms with E-state index in [1.807, 2.05) is 51.9 Å². The Kier molecular flexibility index (Phi) is 5.70. The summed E-state index contributed by atoms with van der Waals surface area (Å²) in [5, 5.41) is 3.00. The van der Waals surface area contributed by atoms with E-state index in [-0.39, 0.29) is 23.9 Å². The summed E-state index contributed by atoms with van der Waals surface area (Å²) in [5.41, 5.74) is -0.469. The Balaban J connectivity index is 1.99. The van der Waals surface area contributed by atoms with Gasteiger partial charge in [-0.1, -0.05) is 20.8 Å². The van der Waals surface area contributed by atoms with Gasteiger partial charge in [0.15, 0.2) is 0 Å². The van der Waals surface area contributed by atoms with Crippen LogP contribution in [0, 0.1) is 5.41 Å². The maximum Gasteiger partial charge on any atom is 0.242 e. The highest BCUT2D eigenvalue weighted by Crippen LogP contribution is 2.26. The molecule has 2 heterocycles. The molecule has 1 aliphatic heterocycles.